The van der Waals surface area contributed by atoms with E-state index < -0.39 is 17.3 Å². The molecule has 0 heterocycles. The number of aldehydes is 1. The van der Waals surface area contributed by atoms with Crippen LogP contribution in [0.15, 0.2) is 42.5 Å². The van der Waals surface area contributed by atoms with Crippen molar-refractivity contribution in [3.63, 3.8) is 0 Å². The molecule has 0 aliphatic heterocycles. The summed E-state index contributed by atoms with van der Waals surface area (Å²) in [5, 5.41) is 0.470. The molecule has 2 rings (SSSR count). The minimum Gasteiger partial charge on any atom is -0.489 e. The van der Waals surface area contributed by atoms with Gasteiger partial charge in [-0.3, -0.25) is 4.79 Å². The van der Waals surface area contributed by atoms with Crippen molar-refractivity contribution < 1.29 is 22.7 Å². The molecule has 0 unspecified atom stereocenters. The van der Waals surface area contributed by atoms with Crippen molar-refractivity contribution in [1.82, 2.24) is 0 Å². The molecule has 0 amide bonds. The summed E-state index contributed by atoms with van der Waals surface area (Å²) in [6.45, 7) is 0.0391. The second-order valence-corrected chi connectivity index (χ2v) is 4.65. The second kappa shape index (κ2) is 6.18. The zero-order valence-corrected chi connectivity index (χ0v) is 11.4. The number of carbonyl (C=O) groups excluding carboxylic acids is 1. The minimum absolute atomic E-state index is 0.0212. The van der Waals surface area contributed by atoms with Crippen molar-refractivity contribution in [2.45, 2.75) is 12.8 Å². The third kappa shape index (κ3) is 3.76. The molecular formula is C15H10ClF3O2. The van der Waals surface area contributed by atoms with Gasteiger partial charge >= 0.3 is 6.18 Å². The highest BCUT2D eigenvalue weighted by Gasteiger charge is 2.33. The van der Waals surface area contributed by atoms with Gasteiger partial charge in [-0.15, -0.1) is 0 Å². The van der Waals surface area contributed by atoms with E-state index in [0.717, 1.165) is 12.1 Å². The number of ether oxygens (including phenoxy) is 1. The number of hydrogen-bond acceptors (Lipinski definition) is 2. The van der Waals surface area contributed by atoms with Crippen LogP contribution in [0.5, 0.6) is 5.75 Å². The fourth-order valence-electron chi connectivity index (χ4n) is 1.75. The molecule has 2 nitrogen and oxygen atoms in total. The van der Waals surface area contributed by atoms with Gasteiger partial charge in [-0.05, 0) is 24.3 Å². The summed E-state index contributed by atoms with van der Waals surface area (Å²) >= 11 is 5.94. The van der Waals surface area contributed by atoms with Gasteiger partial charge in [0.25, 0.3) is 0 Å². The number of carbonyl (C=O) groups is 1. The molecule has 0 aromatic heterocycles. The van der Waals surface area contributed by atoms with E-state index in [2.05, 4.69) is 0 Å². The smallest absolute Gasteiger partial charge is 0.417 e. The Morgan fingerprint density at radius 1 is 1.14 bits per heavy atom. The van der Waals surface area contributed by atoms with Crippen LogP contribution in [0.3, 0.4) is 0 Å². The van der Waals surface area contributed by atoms with E-state index in [4.69, 9.17) is 16.3 Å². The number of halogens is 4. The van der Waals surface area contributed by atoms with Gasteiger partial charge in [-0.1, -0.05) is 29.8 Å². The average Bonchev–Trinajstić information content (AvgIpc) is 2.45. The van der Waals surface area contributed by atoms with Crippen molar-refractivity contribution in [3.8, 4) is 5.75 Å². The van der Waals surface area contributed by atoms with Crippen LogP contribution in [0.25, 0.3) is 0 Å². The molecule has 0 saturated heterocycles. The van der Waals surface area contributed by atoms with Crippen molar-refractivity contribution in [3.05, 3.63) is 64.2 Å². The average molecular weight is 315 g/mol. The van der Waals surface area contributed by atoms with E-state index >= 15 is 0 Å². The lowest BCUT2D eigenvalue weighted by Crippen LogP contribution is -2.09. The van der Waals surface area contributed by atoms with E-state index in [1.54, 1.807) is 24.3 Å². The Morgan fingerprint density at radius 2 is 1.86 bits per heavy atom. The Morgan fingerprint density at radius 3 is 2.48 bits per heavy atom. The molecule has 0 fully saturated rings. The topological polar surface area (TPSA) is 26.3 Å². The summed E-state index contributed by atoms with van der Waals surface area (Å²) < 4.78 is 43.7. The van der Waals surface area contributed by atoms with E-state index in [0.29, 0.717) is 10.6 Å². The summed E-state index contributed by atoms with van der Waals surface area (Å²) in [4.78, 5) is 10.7. The zero-order chi connectivity index (χ0) is 15.5. The van der Waals surface area contributed by atoms with Gasteiger partial charge in [0.05, 0.1) is 5.56 Å². The highest BCUT2D eigenvalue weighted by molar-refractivity contribution is 6.31. The Bertz CT molecular complexity index is 654. The van der Waals surface area contributed by atoms with Crippen molar-refractivity contribution in [2.75, 3.05) is 0 Å². The highest BCUT2D eigenvalue weighted by atomic mass is 35.5. The van der Waals surface area contributed by atoms with E-state index in [1.807, 2.05) is 0 Å². The molecule has 0 aliphatic rings. The number of rotatable bonds is 4. The summed E-state index contributed by atoms with van der Waals surface area (Å²) in [6.07, 6.45) is -4.44. The van der Waals surface area contributed by atoms with E-state index in [-0.39, 0.29) is 18.6 Å². The predicted molar refractivity (Wildman–Crippen MR) is 72.6 cm³/mol. The highest BCUT2D eigenvalue weighted by Crippen LogP contribution is 2.34. The van der Waals surface area contributed by atoms with Crippen molar-refractivity contribution in [1.29, 1.82) is 0 Å². The fraction of sp³-hybridized carbons (Fsp3) is 0.133. The molecule has 0 atom stereocenters. The number of hydrogen-bond donors (Lipinski definition) is 0. The van der Waals surface area contributed by atoms with Gasteiger partial charge in [0.2, 0.25) is 0 Å². The van der Waals surface area contributed by atoms with Gasteiger partial charge < -0.3 is 4.74 Å². The van der Waals surface area contributed by atoms with Crippen LogP contribution in [0.1, 0.15) is 21.5 Å². The molecule has 0 spiro atoms. The fourth-order valence-corrected chi connectivity index (χ4v) is 1.94. The molecule has 21 heavy (non-hydrogen) atoms. The molecule has 2 aromatic carbocycles. The third-order valence-electron chi connectivity index (χ3n) is 2.81. The SMILES string of the molecule is O=Cc1ccc(OCc2ccccc2Cl)cc1C(F)(F)F. The first-order chi connectivity index (χ1) is 9.91. The van der Waals surface area contributed by atoms with Gasteiger partial charge in [0, 0.05) is 16.1 Å². The number of alkyl halides is 3. The summed E-state index contributed by atoms with van der Waals surface area (Å²) in [5.41, 5.74) is -0.783. The quantitative estimate of drug-likeness (QED) is 0.761. The standard InChI is InChI=1S/C15H10ClF3O2/c16-14-4-2-1-3-11(14)9-21-12-6-5-10(8-20)13(7-12)15(17,18)19/h1-8H,9H2. The zero-order valence-electron chi connectivity index (χ0n) is 10.7. The number of benzene rings is 2. The van der Waals surface area contributed by atoms with Crippen molar-refractivity contribution >= 4 is 17.9 Å². The maximum absolute atomic E-state index is 12.8. The van der Waals surface area contributed by atoms with Gasteiger partial charge in [-0.2, -0.15) is 13.2 Å². The molecule has 0 saturated carbocycles. The van der Waals surface area contributed by atoms with Gasteiger partial charge in [-0.25, -0.2) is 0 Å². The second-order valence-electron chi connectivity index (χ2n) is 4.24. The van der Waals surface area contributed by atoms with Crippen molar-refractivity contribution in [2.24, 2.45) is 0 Å². The summed E-state index contributed by atoms with van der Waals surface area (Å²) in [6, 6.07) is 10.1. The minimum atomic E-state index is -4.61. The maximum Gasteiger partial charge on any atom is 0.417 e. The first-order valence-electron chi connectivity index (χ1n) is 5.94. The molecule has 0 N–H and O–H groups in total. The third-order valence-corrected chi connectivity index (χ3v) is 3.18. The Kier molecular flexibility index (Phi) is 4.53. The molecule has 0 aliphatic carbocycles. The van der Waals surface area contributed by atoms with Crippen LogP contribution < -0.4 is 4.74 Å². The molecule has 110 valence electrons. The van der Waals surface area contributed by atoms with Gasteiger partial charge in [0.1, 0.15) is 12.4 Å². The van der Waals surface area contributed by atoms with E-state index in [1.165, 1.54) is 6.07 Å². The molecule has 6 heteroatoms. The first kappa shape index (κ1) is 15.4. The maximum atomic E-state index is 12.8. The summed E-state index contributed by atoms with van der Waals surface area (Å²) in [5.74, 6) is 0.0212. The molecule has 0 radical (unpaired) electrons. The predicted octanol–water partition coefficient (Wildman–Crippen LogP) is 4.75. The molecular weight excluding hydrogens is 305 g/mol. The molecule has 2 aromatic rings. The van der Waals surface area contributed by atoms with Gasteiger partial charge in [0.15, 0.2) is 6.29 Å². The lowest BCUT2D eigenvalue weighted by atomic mass is 10.1. The van der Waals surface area contributed by atoms with Crippen LogP contribution in [0.2, 0.25) is 5.02 Å². The first-order valence-corrected chi connectivity index (χ1v) is 6.32. The lowest BCUT2D eigenvalue weighted by molar-refractivity contribution is -0.137. The van der Waals surface area contributed by atoms with Crippen LogP contribution in [-0.4, -0.2) is 6.29 Å². The van der Waals surface area contributed by atoms with Crippen LogP contribution in [0, 0.1) is 0 Å². The molecule has 0 bridgehead atoms. The summed E-state index contributed by atoms with van der Waals surface area (Å²) in [7, 11) is 0. The van der Waals surface area contributed by atoms with E-state index in [9.17, 15) is 18.0 Å². The monoisotopic (exact) mass is 314 g/mol. The van der Waals surface area contributed by atoms with Crippen LogP contribution in [0.4, 0.5) is 13.2 Å². The Balaban J connectivity index is 2.22. The lowest BCUT2D eigenvalue weighted by Gasteiger charge is -2.12. The normalized spacial score (nSPS) is 11.2. The van der Waals surface area contributed by atoms with Crippen LogP contribution >= 0.6 is 11.6 Å². The van der Waals surface area contributed by atoms with Crippen LogP contribution in [-0.2, 0) is 12.8 Å². The Hall–Kier alpha value is -2.01. The largest absolute Gasteiger partial charge is 0.489 e. The Labute approximate surface area is 124 Å².